The summed E-state index contributed by atoms with van der Waals surface area (Å²) in [7, 11) is 0. The zero-order valence-corrected chi connectivity index (χ0v) is 17.4. The summed E-state index contributed by atoms with van der Waals surface area (Å²) in [5, 5.41) is 24.2. The van der Waals surface area contributed by atoms with Crippen LogP contribution in [0.25, 0.3) is 0 Å². The van der Waals surface area contributed by atoms with Crippen LogP contribution in [0.3, 0.4) is 0 Å². The minimum atomic E-state index is -0.454. The minimum absolute atomic E-state index is 0.0588. The van der Waals surface area contributed by atoms with Crippen LogP contribution in [-0.2, 0) is 0 Å². The molecular formula is C19H21Cl2N5O2. The second-order valence-corrected chi connectivity index (χ2v) is 7.04. The molecule has 9 heteroatoms. The topological polar surface area (TPSA) is 95.1 Å². The van der Waals surface area contributed by atoms with Crippen molar-refractivity contribution in [2.45, 2.75) is 33.6 Å². The Balaban J connectivity index is 2.59. The number of pyridine rings is 1. The van der Waals surface area contributed by atoms with Crippen LogP contribution < -0.4 is 10.2 Å². The second kappa shape index (κ2) is 9.58. The highest BCUT2D eigenvalue weighted by Gasteiger charge is 2.27. The van der Waals surface area contributed by atoms with Crippen molar-refractivity contribution in [1.29, 1.82) is 5.26 Å². The molecule has 0 saturated carbocycles. The fourth-order valence-corrected chi connectivity index (χ4v) is 3.41. The van der Waals surface area contributed by atoms with E-state index in [0.717, 1.165) is 12.8 Å². The molecule has 0 fully saturated rings. The molecule has 0 aliphatic rings. The third kappa shape index (κ3) is 4.83. The Hall–Kier alpha value is -2.56. The van der Waals surface area contributed by atoms with Gasteiger partial charge in [0, 0.05) is 18.8 Å². The van der Waals surface area contributed by atoms with E-state index in [2.05, 4.69) is 17.2 Å². The van der Waals surface area contributed by atoms with E-state index in [1.54, 1.807) is 13.0 Å². The van der Waals surface area contributed by atoms with Crippen LogP contribution in [0.2, 0.25) is 10.0 Å². The molecule has 1 aromatic heterocycles. The van der Waals surface area contributed by atoms with Crippen LogP contribution in [0.4, 0.5) is 22.9 Å². The lowest BCUT2D eigenvalue weighted by atomic mass is 10.2. The van der Waals surface area contributed by atoms with Crippen LogP contribution in [0, 0.1) is 28.4 Å². The Labute approximate surface area is 174 Å². The monoisotopic (exact) mass is 421 g/mol. The van der Waals surface area contributed by atoms with Gasteiger partial charge in [0.15, 0.2) is 0 Å². The molecule has 0 aliphatic carbocycles. The maximum Gasteiger partial charge on any atom is 0.334 e. The zero-order valence-electron chi connectivity index (χ0n) is 15.9. The van der Waals surface area contributed by atoms with Gasteiger partial charge in [0.2, 0.25) is 5.82 Å². The third-order valence-corrected chi connectivity index (χ3v) is 4.80. The number of nitrogens with zero attached hydrogens (tertiary/aromatic N) is 4. The van der Waals surface area contributed by atoms with E-state index in [1.165, 1.54) is 12.1 Å². The summed E-state index contributed by atoms with van der Waals surface area (Å²) in [6.45, 7) is 7.13. The van der Waals surface area contributed by atoms with Gasteiger partial charge in [-0.3, -0.25) is 10.1 Å². The SMILES string of the molecule is CCCCN(CC)c1cc(C)nc(Nc2c(Cl)cc(C#N)cc2Cl)c1[N+](=O)[O-]. The van der Waals surface area contributed by atoms with Gasteiger partial charge in [-0.05, 0) is 38.5 Å². The molecule has 0 unspecified atom stereocenters. The van der Waals surface area contributed by atoms with Crippen LogP contribution >= 0.6 is 23.2 Å². The van der Waals surface area contributed by atoms with Crippen molar-refractivity contribution < 1.29 is 4.92 Å². The Bertz CT molecular complexity index is 904. The molecule has 0 saturated heterocycles. The van der Waals surface area contributed by atoms with Crippen molar-refractivity contribution in [3.63, 3.8) is 0 Å². The Morgan fingerprint density at radius 2 is 1.93 bits per heavy atom. The summed E-state index contributed by atoms with van der Waals surface area (Å²) in [4.78, 5) is 17.7. The maximum atomic E-state index is 11.9. The third-order valence-electron chi connectivity index (χ3n) is 4.20. The highest BCUT2D eigenvalue weighted by atomic mass is 35.5. The second-order valence-electron chi connectivity index (χ2n) is 6.22. The van der Waals surface area contributed by atoms with Gasteiger partial charge in [0.1, 0.15) is 5.69 Å². The number of halogens is 2. The largest absolute Gasteiger partial charge is 0.366 e. The van der Waals surface area contributed by atoms with Gasteiger partial charge < -0.3 is 10.2 Å². The normalized spacial score (nSPS) is 10.4. The summed E-state index contributed by atoms with van der Waals surface area (Å²) in [6.07, 6.45) is 1.90. The number of nitrogens with one attached hydrogen (secondary N) is 1. The van der Waals surface area contributed by atoms with Gasteiger partial charge in [-0.25, -0.2) is 4.98 Å². The van der Waals surface area contributed by atoms with Crippen LogP contribution in [-0.4, -0.2) is 23.0 Å². The highest BCUT2D eigenvalue weighted by molar-refractivity contribution is 6.39. The Morgan fingerprint density at radius 3 is 2.43 bits per heavy atom. The number of benzene rings is 1. The van der Waals surface area contributed by atoms with Crippen molar-refractivity contribution in [1.82, 2.24) is 4.98 Å². The van der Waals surface area contributed by atoms with E-state index in [0.29, 0.717) is 30.0 Å². The lowest BCUT2D eigenvalue weighted by Crippen LogP contribution is -2.25. The molecule has 2 rings (SSSR count). The maximum absolute atomic E-state index is 11.9. The van der Waals surface area contributed by atoms with E-state index in [-0.39, 0.29) is 27.2 Å². The Kier molecular flexibility index (Phi) is 7.44. The number of hydrogen-bond acceptors (Lipinski definition) is 6. The van der Waals surface area contributed by atoms with Crippen molar-refractivity contribution >= 4 is 46.1 Å². The number of aromatic nitrogens is 1. The van der Waals surface area contributed by atoms with Crippen molar-refractivity contribution in [3.05, 3.63) is 49.6 Å². The first kappa shape index (κ1) is 21.7. The molecule has 0 radical (unpaired) electrons. The lowest BCUT2D eigenvalue weighted by Gasteiger charge is -2.24. The molecule has 0 bridgehead atoms. The number of rotatable bonds is 8. The number of aryl methyl sites for hydroxylation is 1. The highest BCUT2D eigenvalue weighted by Crippen LogP contribution is 2.40. The first-order chi connectivity index (χ1) is 13.3. The molecule has 0 aliphatic heterocycles. The molecule has 1 heterocycles. The summed E-state index contributed by atoms with van der Waals surface area (Å²) in [5.41, 5.74) is 1.55. The molecule has 2 aromatic rings. The number of hydrogen-bond donors (Lipinski definition) is 1. The molecule has 28 heavy (non-hydrogen) atoms. The zero-order chi connectivity index (χ0) is 20.8. The van der Waals surface area contributed by atoms with Gasteiger partial charge >= 0.3 is 5.69 Å². The minimum Gasteiger partial charge on any atom is -0.366 e. The molecule has 1 aromatic carbocycles. The van der Waals surface area contributed by atoms with E-state index >= 15 is 0 Å². The quantitative estimate of drug-likeness (QED) is 0.424. The lowest BCUT2D eigenvalue weighted by molar-refractivity contribution is -0.383. The average Bonchev–Trinajstić information content (AvgIpc) is 2.64. The molecule has 0 atom stereocenters. The number of anilines is 3. The molecular weight excluding hydrogens is 401 g/mol. The van der Waals surface area contributed by atoms with Gasteiger partial charge in [0.05, 0.1) is 32.3 Å². The standard InChI is InChI=1S/C19H21Cl2N5O2/c1-4-6-7-25(5-2)16-8-12(3)23-19(18(16)26(27)28)24-17-14(20)9-13(11-22)10-15(17)21/h8-10H,4-7H2,1-3H3,(H,23,24). The molecule has 7 nitrogen and oxygen atoms in total. The van der Waals surface area contributed by atoms with E-state index in [9.17, 15) is 10.1 Å². The fraction of sp³-hybridized carbons (Fsp3) is 0.368. The van der Waals surface area contributed by atoms with Crippen molar-refractivity contribution in [3.8, 4) is 6.07 Å². The predicted octanol–water partition coefficient (Wildman–Crippen LogP) is 5.85. The first-order valence-electron chi connectivity index (χ1n) is 8.89. The Morgan fingerprint density at radius 1 is 1.29 bits per heavy atom. The van der Waals surface area contributed by atoms with E-state index in [4.69, 9.17) is 28.5 Å². The van der Waals surface area contributed by atoms with Gasteiger partial charge in [-0.2, -0.15) is 5.26 Å². The molecule has 148 valence electrons. The predicted molar refractivity (Wildman–Crippen MR) is 113 cm³/mol. The number of nitro groups is 1. The fourth-order valence-electron chi connectivity index (χ4n) is 2.83. The van der Waals surface area contributed by atoms with E-state index < -0.39 is 4.92 Å². The van der Waals surface area contributed by atoms with Gasteiger partial charge in [-0.1, -0.05) is 36.5 Å². The summed E-state index contributed by atoms with van der Waals surface area (Å²) in [5.74, 6) is 0.0588. The first-order valence-corrected chi connectivity index (χ1v) is 9.65. The van der Waals surface area contributed by atoms with E-state index in [1.807, 2.05) is 17.9 Å². The van der Waals surface area contributed by atoms with Crippen molar-refractivity contribution in [2.24, 2.45) is 0 Å². The molecule has 0 amide bonds. The van der Waals surface area contributed by atoms with Crippen molar-refractivity contribution in [2.75, 3.05) is 23.3 Å². The van der Waals surface area contributed by atoms with Crippen LogP contribution in [0.15, 0.2) is 18.2 Å². The van der Waals surface area contributed by atoms with Gasteiger partial charge in [0.25, 0.3) is 0 Å². The smallest absolute Gasteiger partial charge is 0.334 e. The summed E-state index contributed by atoms with van der Waals surface area (Å²) < 4.78 is 0. The van der Waals surface area contributed by atoms with Crippen LogP contribution in [0.1, 0.15) is 37.9 Å². The number of nitriles is 1. The summed E-state index contributed by atoms with van der Waals surface area (Å²) in [6, 6.07) is 6.56. The van der Waals surface area contributed by atoms with Crippen LogP contribution in [0.5, 0.6) is 0 Å². The average molecular weight is 422 g/mol. The molecule has 0 spiro atoms. The summed E-state index contributed by atoms with van der Waals surface area (Å²) >= 11 is 12.5. The number of unbranched alkanes of at least 4 members (excludes halogenated alkanes) is 1. The molecule has 1 N–H and O–H groups in total. The van der Waals surface area contributed by atoms with Gasteiger partial charge in [-0.15, -0.1) is 0 Å².